The molecule has 2 aliphatic rings. The average molecular weight is 476 g/mol. The fourth-order valence-corrected chi connectivity index (χ4v) is 5.05. The molecular formula is C25H30FN9. The van der Waals surface area contributed by atoms with Crippen molar-refractivity contribution >= 4 is 16.9 Å². The summed E-state index contributed by atoms with van der Waals surface area (Å²) in [5.41, 5.74) is 3.79. The van der Waals surface area contributed by atoms with Crippen molar-refractivity contribution in [1.82, 2.24) is 39.9 Å². The predicted molar refractivity (Wildman–Crippen MR) is 133 cm³/mol. The number of aromatic nitrogens is 6. The fraction of sp³-hybridized carbons (Fsp3) is 0.440. The number of hydrogen-bond acceptors (Lipinski definition) is 7. The first-order valence-electron chi connectivity index (χ1n) is 12.3. The molecule has 2 aliphatic heterocycles. The molecule has 35 heavy (non-hydrogen) atoms. The monoisotopic (exact) mass is 475 g/mol. The van der Waals surface area contributed by atoms with Crippen LogP contribution in [0.5, 0.6) is 0 Å². The summed E-state index contributed by atoms with van der Waals surface area (Å²) in [5, 5.41) is 7.15. The largest absolute Gasteiger partial charge is 0.352 e. The maximum atomic E-state index is 15.6. The van der Waals surface area contributed by atoms with Crippen LogP contribution in [0.25, 0.3) is 33.8 Å². The molecule has 0 saturated carbocycles. The lowest BCUT2D eigenvalue weighted by atomic mass is 10.1. The van der Waals surface area contributed by atoms with Gasteiger partial charge in [-0.25, -0.2) is 14.4 Å². The predicted octanol–water partition coefficient (Wildman–Crippen LogP) is 3.29. The highest BCUT2D eigenvalue weighted by Crippen LogP contribution is 2.31. The van der Waals surface area contributed by atoms with Gasteiger partial charge in [-0.05, 0) is 50.7 Å². The highest BCUT2D eigenvalue weighted by atomic mass is 19.1. The Morgan fingerprint density at radius 3 is 2.69 bits per heavy atom. The summed E-state index contributed by atoms with van der Waals surface area (Å²) in [7, 11) is 2.12. The number of halogens is 1. The molecule has 2 saturated heterocycles. The van der Waals surface area contributed by atoms with E-state index >= 15 is 4.39 Å². The third-order valence-corrected chi connectivity index (χ3v) is 7.05. The van der Waals surface area contributed by atoms with Crippen LogP contribution in [-0.2, 0) is 6.54 Å². The summed E-state index contributed by atoms with van der Waals surface area (Å²) in [6.45, 7) is 6.73. The van der Waals surface area contributed by atoms with Crippen molar-refractivity contribution in [3.8, 4) is 22.8 Å². The highest BCUT2D eigenvalue weighted by molar-refractivity contribution is 5.88. The van der Waals surface area contributed by atoms with Gasteiger partial charge in [0.2, 0.25) is 0 Å². The molecule has 2 fully saturated rings. The maximum Gasteiger partial charge on any atom is 0.180 e. The smallest absolute Gasteiger partial charge is 0.180 e. The molecule has 4 aromatic heterocycles. The van der Waals surface area contributed by atoms with Gasteiger partial charge in [0.25, 0.3) is 0 Å². The molecular weight excluding hydrogens is 445 g/mol. The molecule has 0 atom stereocenters. The zero-order valence-electron chi connectivity index (χ0n) is 20.0. The molecule has 0 spiro atoms. The van der Waals surface area contributed by atoms with E-state index in [2.05, 4.69) is 46.9 Å². The first kappa shape index (κ1) is 22.1. The Kier molecular flexibility index (Phi) is 5.91. The number of hydrogen-bond donors (Lipinski definition) is 2. The lowest BCUT2D eigenvalue weighted by molar-refractivity contribution is 0.220. The zero-order chi connectivity index (χ0) is 23.8. The van der Waals surface area contributed by atoms with Crippen LogP contribution in [0.15, 0.2) is 30.7 Å². The van der Waals surface area contributed by atoms with E-state index in [0.717, 1.165) is 68.2 Å². The molecule has 182 valence electrons. The Morgan fingerprint density at radius 2 is 1.86 bits per heavy atom. The van der Waals surface area contributed by atoms with Crippen LogP contribution in [0.4, 0.5) is 10.2 Å². The van der Waals surface area contributed by atoms with Gasteiger partial charge in [0.15, 0.2) is 17.5 Å². The number of anilines is 1. The second-order valence-electron chi connectivity index (χ2n) is 9.59. The van der Waals surface area contributed by atoms with E-state index in [1.165, 1.54) is 19.3 Å². The molecule has 6 heterocycles. The minimum Gasteiger partial charge on any atom is -0.352 e. The Labute approximate surface area is 203 Å². The molecule has 0 aliphatic carbocycles. The number of rotatable bonds is 5. The van der Waals surface area contributed by atoms with Crippen molar-refractivity contribution in [1.29, 1.82) is 0 Å². The van der Waals surface area contributed by atoms with E-state index in [9.17, 15) is 0 Å². The number of imidazole rings is 1. The van der Waals surface area contributed by atoms with Crippen molar-refractivity contribution in [2.24, 2.45) is 0 Å². The van der Waals surface area contributed by atoms with Gasteiger partial charge in [-0.1, -0.05) is 6.42 Å². The molecule has 0 amide bonds. The molecule has 0 aromatic carbocycles. The lowest BCUT2D eigenvalue weighted by Crippen LogP contribution is -2.44. The summed E-state index contributed by atoms with van der Waals surface area (Å²) < 4.78 is 15.6. The van der Waals surface area contributed by atoms with Gasteiger partial charge in [-0.3, -0.25) is 15.0 Å². The number of nitrogens with zero attached hydrogens (tertiary/aromatic N) is 7. The van der Waals surface area contributed by atoms with Gasteiger partial charge >= 0.3 is 0 Å². The standard InChI is InChI=1S/C25H30FN9/c1-33-9-11-35(12-10-33)25-22-19(5-6-28-25)29-24(30-22)23-20(26)21(31-32-23)18-13-17(14-27-15-18)16-34-7-3-2-4-8-34/h5-6,13-15H,2-4,7-12,16H2,1H3,(H,29,30)(H,31,32). The lowest BCUT2D eigenvalue weighted by Gasteiger charge is -2.33. The number of aromatic amines is 2. The van der Waals surface area contributed by atoms with Crippen molar-refractivity contribution in [3.63, 3.8) is 0 Å². The molecule has 6 rings (SSSR count). The minimum absolute atomic E-state index is 0.238. The van der Waals surface area contributed by atoms with Crippen molar-refractivity contribution in [2.75, 3.05) is 51.2 Å². The number of nitrogens with one attached hydrogen (secondary N) is 2. The number of likely N-dealkylation sites (tertiary alicyclic amines) is 1. The van der Waals surface area contributed by atoms with Gasteiger partial charge in [0.05, 0.1) is 5.52 Å². The number of H-pyrrole nitrogens is 2. The second-order valence-corrected chi connectivity index (χ2v) is 9.59. The second kappa shape index (κ2) is 9.35. The third-order valence-electron chi connectivity index (χ3n) is 7.05. The van der Waals surface area contributed by atoms with Crippen molar-refractivity contribution in [3.05, 3.63) is 42.1 Å². The Hall–Kier alpha value is -3.37. The highest BCUT2D eigenvalue weighted by Gasteiger charge is 2.23. The fourth-order valence-electron chi connectivity index (χ4n) is 5.05. The Balaban J connectivity index is 1.28. The van der Waals surface area contributed by atoms with Crippen LogP contribution in [-0.4, -0.2) is 86.2 Å². The number of fused-ring (bicyclic) bond motifs is 1. The first-order valence-corrected chi connectivity index (χ1v) is 12.3. The molecule has 0 radical (unpaired) electrons. The number of likely N-dealkylation sites (N-methyl/N-ethyl adjacent to an activating group) is 1. The summed E-state index contributed by atoms with van der Waals surface area (Å²) in [5.74, 6) is 0.806. The molecule has 0 bridgehead atoms. The third kappa shape index (κ3) is 4.39. The number of piperazine rings is 1. The van der Waals surface area contributed by atoms with Gasteiger partial charge < -0.3 is 14.8 Å². The van der Waals surface area contributed by atoms with E-state index in [1.54, 1.807) is 12.4 Å². The average Bonchev–Trinajstić information content (AvgIpc) is 3.48. The first-order chi connectivity index (χ1) is 17.2. The normalized spacial score (nSPS) is 17.9. The van der Waals surface area contributed by atoms with E-state index in [1.807, 2.05) is 18.3 Å². The van der Waals surface area contributed by atoms with Gasteiger partial charge in [0.1, 0.15) is 16.9 Å². The van der Waals surface area contributed by atoms with Crippen LogP contribution in [0.2, 0.25) is 0 Å². The van der Waals surface area contributed by atoms with Crippen LogP contribution in [0, 0.1) is 5.82 Å². The molecule has 2 N–H and O–H groups in total. The van der Waals surface area contributed by atoms with E-state index in [-0.39, 0.29) is 11.4 Å². The summed E-state index contributed by atoms with van der Waals surface area (Å²) >= 11 is 0. The Morgan fingerprint density at radius 1 is 1.03 bits per heavy atom. The molecule has 10 heteroatoms. The van der Waals surface area contributed by atoms with Crippen LogP contribution in [0.3, 0.4) is 0 Å². The summed E-state index contributed by atoms with van der Waals surface area (Å²) in [6, 6.07) is 3.85. The van der Waals surface area contributed by atoms with Crippen LogP contribution >= 0.6 is 0 Å². The molecule has 0 unspecified atom stereocenters. The van der Waals surface area contributed by atoms with Gasteiger partial charge in [-0.2, -0.15) is 5.10 Å². The van der Waals surface area contributed by atoms with Crippen molar-refractivity contribution in [2.45, 2.75) is 25.8 Å². The number of pyridine rings is 2. The number of piperidine rings is 1. The quantitative estimate of drug-likeness (QED) is 0.458. The minimum atomic E-state index is -0.435. The van der Waals surface area contributed by atoms with Gasteiger partial charge in [-0.15, -0.1) is 0 Å². The Bertz CT molecular complexity index is 1320. The van der Waals surface area contributed by atoms with E-state index in [4.69, 9.17) is 4.98 Å². The van der Waals surface area contributed by atoms with Gasteiger partial charge in [0, 0.05) is 56.9 Å². The summed E-state index contributed by atoms with van der Waals surface area (Å²) in [4.78, 5) is 23.9. The SMILES string of the molecule is CN1CCN(c2nccc3[nH]c(-c4[nH]nc(-c5cncc(CN6CCCCC6)c5)c4F)nc23)CC1. The van der Waals surface area contributed by atoms with Crippen LogP contribution < -0.4 is 4.90 Å². The summed E-state index contributed by atoms with van der Waals surface area (Å²) in [6.07, 6.45) is 9.05. The van der Waals surface area contributed by atoms with E-state index in [0.29, 0.717) is 11.4 Å². The topological polar surface area (TPSA) is 92.9 Å². The maximum absolute atomic E-state index is 15.6. The zero-order valence-corrected chi connectivity index (χ0v) is 20.0. The van der Waals surface area contributed by atoms with Crippen LogP contribution in [0.1, 0.15) is 24.8 Å². The van der Waals surface area contributed by atoms with Crippen molar-refractivity contribution < 1.29 is 4.39 Å². The molecule has 4 aromatic rings. The van der Waals surface area contributed by atoms with E-state index < -0.39 is 5.82 Å². The molecule has 9 nitrogen and oxygen atoms in total.